The molecule has 1 aromatic heterocycles. The highest BCUT2D eigenvalue weighted by molar-refractivity contribution is 5.95. The Labute approximate surface area is 136 Å². The molecule has 0 spiro atoms. The summed E-state index contributed by atoms with van der Waals surface area (Å²) in [5.74, 6) is -0.222. The minimum Gasteiger partial charge on any atom is -0.396 e. The van der Waals surface area contributed by atoms with Gasteiger partial charge in [-0.2, -0.15) is 0 Å². The maximum Gasteiger partial charge on any atom is 0.251 e. The van der Waals surface area contributed by atoms with Crippen LogP contribution in [0.3, 0.4) is 0 Å². The zero-order chi connectivity index (χ0) is 16.5. The lowest BCUT2D eigenvalue weighted by Gasteiger charge is -2.15. The summed E-state index contributed by atoms with van der Waals surface area (Å²) in [6, 6.07) is 13.0. The van der Waals surface area contributed by atoms with E-state index in [9.17, 15) is 9.90 Å². The predicted octanol–water partition coefficient (Wildman–Crippen LogP) is 1.81. The molecule has 2 aromatic rings. The minimum absolute atomic E-state index is 0.00340. The van der Waals surface area contributed by atoms with E-state index in [2.05, 4.69) is 10.3 Å². The van der Waals surface area contributed by atoms with E-state index in [1.54, 1.807) is 19.4 Å². The van der Waals surface area contributed by atoms with Gasteiger partial charge in [0.1, 0.15) is 0 Å². The summed E-state index contributed by atoms with van der Waals surface area (Å²) in [6.07, 6.45) is 2.35. The Hall–Kier alpha value is -2.24. The van der Waals surface area contributed by atoms with E-state index in [0.717, 1.165) is 11.3 Å². The average molecular weight is 314 g/mol. The molecule has 5 nitrogen and oxygen atoms in total. The molecule has 1 aromatic carbocycles. The molecule has 0 aliphatic heterocycles. The van der Waals surface area contributed by atoms with Crippen molar-refractivity contribution in [2.24, 2.45) is 5.92 Å². The van der Waals surface area contributed by atoms with Gasteiger partial charge in [-0.05, 0) is 30.2 Å². The van der Waals surface area contributed by atoms with Gasteiger partial charge in [0.15, 0.2) is 0 Å². The number of methoxy groups -OCH3 is 1. The van der Waals surface area contributed by atoms with Crippen LogP contribution in [0.4, 0.5) is 0 Å². The number of amides is 1. The third-order valence-corrected chi connectivity index (χ3v) is 3.60. The molecule has 1 unspecified atom stereocenters. The summed E-state index contributed by atoms with van der Waals surface area (Å²) in [4.78, 5) is 16.6. The van der Waals surface area contributed by atoms with Crippen molar-refractivity contribution in [2.75, 3.05) is 20.3 Å². The van der Waals surface area contributed by atoms with Crippen LogP contribution in [0.25, 0.3) is 0 Å². The number of hydrogen-bond donors (Lipinski definition) is 2. The van der Waals surface area contributed by atoms with Gasteiger partial charge in [-0.3, -0.25) is 9.78 Å². The first-order valence-corrected chi connectivity index (χ1v) is 7.60. The van der Waals surface area contributed by atoms with Crippen LogP contribution in [0.5, 0.6) is 0 Å². The smallest absolute Gasteiger partial charge is 0.251 e. The summed E-state index contributed by atoms with van der Waals surface area (Å²) in [6.45, 7) is 0.782. The Balaban J connectivity index is 1.94. The molecule has 0 fully saturated rings. The second kappa shape index (κ2) is 9.02. The fourth-order valence-corrected chi connectivity index (χ4v) is 2.37. The fraction of sp³-hybridized carbons (Fsp3) is 0.333. The number of aliphatic hydroxyl groups is 1. The second-order valence-corrected chi connectivity index (χ2v) is 5.37. The minimum atomic E-state index is -0.155. The van der Waals surface area contributed by atoms with Crippen LogP contribution in [-0.4, -0.2) is 36.3 Å². The van der Waals surface area contributed by atoms with Crippen molar-refractivity contribution in [3.8, 4) is 0 Å². The van der Waals surface area contributed by atoms with Crippen LogP contribution < -0.4 is 5.32 Å². The Morgan fingerprint density at radius 2 is 2.04 bits per heavy atom. The van der Waals surface area contributed by atoms with E-state index in [-0.39, 0.29) is 18.4 Å². The predicted molar refractivity (Wildman–Crippen MR) is 88.0 cm³/mol. The Bertz CT molecular complexity index is 617. The van der Waals surface area contributed by atoms with Crippen LogP contribution >= 0.6 is 0 Å². The van der Waals surface area contributed by atoms with E-state index in [1.165, 1.54) is 0 Å². The van der Waals surface area contributed by atoms with Crippen molar-refractivity contribution in [2.45, 2.75) is 13.0 Å². The molecular weight excluding hydrogens is 292 g/mol. The first kappa shape index (κ1) is 17.1. The number of benzene rings is 1. The normalized spacial score (nSPS) is 11.9. The Kier molecular flexibility index (Phi) is 6.72. The number of rotatable bonds is 8. The van der Waals surface area contributed by atoms with E-state index in [0.29, 0.717) is 25.1 Å². The zero-order valence-corrected chi connectivity index (χ0v) is 13.2. The maximum absolute atomic E-state index is 12.3. The molecule has 1 amide bonds. The summed E-state index contributed by atoms with van der Waals surface area (Å²) < 4.78 is 5.12. The Morgan fingerprint density at radius 3 is 2.74 bits per heavy atom. The fourth-order valence-electron chi connectivity index (χ4n) is 2.37. The number of hydrogen-bond acceptors (Lipinski definition) is 4. The van der Waals surface area contributed by atoms with Gasteiger partial charge in [0.25, 0.3) is 5.91 Å². The van der Waals surface area contributed by atoms with Gasteiger partial charge >= 0.3 is 0 Å². The van der Waals surface area contributed by atoms with Crippen molar-refractivity contribution in [3.63, 3.8) is 0 Å². The lowest BCUT2D eigenvalue weighted by atomic mass is 10.0. The van der Waals surface area contributed by atoms with Crippen molar-refractivity contribution < 1.29 is 14.6 Å². The molecule has 0 radical (unpaired) electrons. The molecule has 122 valence electrons. The molecule has 5 heteroatoms. The van der Waals surface area contributed by atoms with Crippen LogP contribution in [-0.2, 0) is 17.8 Å². The molecular formula is C18H22N2O3. The number of carbonyl (C=O) groups excluding carboxylic acids is 1. The number of ether oxygens (including phenoxy) is 1. The second-order valence-electron chi connectivity index (χ2n) is 5.37. The first-order valence-electron chi connectivity index (χ1n) is 7.60. The summed E-state index contributed by atoms with van der Waals surface area (Å²) in [7, 11) is 1.60. The summed E-state index contributed by atoms with van der Waals surface area (Å²) in [5.41, 5.74) is 2.35. The number of aromatic nitrogens is 1. The highest BCUT2D eigenvalue weighted by Gasteiger charge is 2.14. The molecule has 0 aliphatic carbocycles. The highest BCUT2D eigenvalue weighted by Crippen LogP contribution is 2.11. The van der Waals surface area contributed by atoms with Gasteiger partial charge in [0.05, 0.1) is 6.61 Å². The van der Waals surface area contributed by atoms with Crippen molar-refractivity contribution in [1.29, 1.82) is 0 Å². The van der Waals surface area contributed by atoms with Crippen LogP contribution in [0, 0.1) is 5.92 Å². The van der Waals surface area contributed by atoms with E-state index in [4.69, 9.17) is 4.74 Å². The highest BCUT2D eigenvalue weighted by atomic mass is 16.5. The van der Waals surface area contributed by atoms with Gasteiger partial charge in [-0.25, -0.2) is 0 Å². The van der Waals surface area contributed by atoms with Gasteiger partial charge in [0, 0.05) is 43.6 Å². The number of carbonyl (C=O) groups is 1. The van der Waals surface area contributed by atoms with Gasteiger partial charge in [0.2, 0.25) is 0 Å². The average Bonchev–Trinajstić information content (AvgIpc) is 2.60. The molecule has 23 heavy (non-hydrogen) atoms. The van der Waals surface area contributed by atoms with Crippen LogP contribution in [0.1, 0.15) is 21.6 Å². The number of nitrogens with one attached hydrogen (secondary N) is 1. The number of pyridine rings is 1. The Morgan fingerprint density at radius 1 is 1.26 bits per heavy atom. The summed E-state index contributed by atoms with van der Waals surface area (Å²) >= 11 is 0. The lowest BCUT2D eigenvalue weighted by Crippen LogP contribution is -2.32. The lowest BCUT2D eigenvalue weighted by molar-refractivity contribution is 0.0935. The standard InChI is InChI=1S/C18H22N2O3/c1-23-13-15-6-2-3-8-17(15)18(22)20-11-14(12-21)10-16-7-4-5-9-19-16/h2-9,14,21H,10-13H2,1H3,(H,20,22). The quantitative estimate of drug-likeness (QED) is 0.779. The van der Waals surface area contributed by atoms with E-state index < -0.39 is 0 Å². The number of nitrogens with zero attached hydrogens (tertiary/aromatic N) is 1. The molecule has 2 rings (SSSR count). The third-order valence-electron chi connectivity index (χ3n) is 3.60. The molecule has 0 saturated carbocycles. The van der Waals surface area contributed by atoms with Gasteiger partial charge < -0.3 is 15.2 Å². The van der Waals surface area contributed by atoms with E-state index >= 15 is 0 Å². The van der Waals surface area contributed by atoms with E-state index in [1.807, 2.05) is 36.4 Å². The zero-order valence-electron chi connectivity index (χ0n) is 13.2. The van der Waals surface area contributed by atoms with Gasteiger partial charge in [-0.15, -0.1) is 0 Å². The SMILES string of the molecule is COCc1ccccc1C(=O)NCC(CO)Cc1ccccn1. The molecule has 0 aliphatic rings. The van der Waals surface area contributed by atoms with Gasteiger partial charge in [-0.1, -0.05) is 24.3 Å². The summed E-state index contributed by atoms with van der Waals surface area (Å²) in [5, 5.41) is 12.4. The molecule has 2 N–H and O–H groups in total. The van der Waals surface area contributed by atoms with Crippen molar-refractivity contribution >= 4 is 5.91 Å². The van der Waals surface area contributed by atoms with Crippen LogP contribution in [0.15, 0.2) is 48.7 Å². The first-order chi connectivity index (χ1) is 11.2. The number of aliphatic hydroxyl groups excluding tert-OH is 1. The van der Waals surface area contributed by atoms with Crippen LogP contribution in [0.2, 0.25) is 0 Å². The molecule has 0 bridgehead atoms. The third kappa shape index (κ3) is 5.16. The molecule has 1 atom stereocenters. The largest absolute Gasteiger partial charge is 0.396 e. The molecule has 1 heterocycles. The molecule has 0 saturated heterocycles. The monoisotopic (exact) mass is 314 g/mol. The topological polar surface area (TPSA) is 71.5 Å². The van der Waals surface area contributed by atoms with Crippen molar-refractivity contribution in [3.05, 3.63) is 65.5 Å². The van der Waals surface area contributed by atoms with Crippen molar-refractivity contribution in [1.82, 2.24) is 10.3 Å². The maximum atomic E-state index is 12.3.